The van der Waals surface area contributed by atoms with Crippen LogP contribution in [0.2, 0.25) is 0 Å². The molecule has 0 nitrogen and oxygen atoms in total. The maximum absolute atomic E-state index is 2.24. The molecule has 16 heavy (non-hydrogen) atoms. The molecule has 0 fully saturated rings. The molecule has 0 heterocycles. The van der Waals surface area contributed by atoms with E-state index in [0.29, 0.717) is 0 Å². The van der Waals surface area contributed by atoms with Crippen molar-refractivity contribution in [2.75, 3.05) is 0 Å². The fraction of sp³-hybridized carbons (Fsp3) is 0.125. The van der Waals surface area contributed by atoms with Gasteiger partial charge in [-0.3, -0.25) is 0 Å². The summed E-state index contributed by atoms with van der Waals surface area (Å²) in [6.45, 7) is 4.22. The molecule has 0 aliphatic carbocycles. The highest BCUT2D eigenvalue weighted by molar-refractivity contribution is 5.71. The first-order chi connectivity index (χ1) is 7.81. The Kier molecular flexibility index (Phi) is 3.21. The number of allylic oxidation sites excluding steroid dienone is 2. The van der Waals surface area contributed by atoms with Crippen molar-refractivity contribution in [1.82, 2.24) is 0 Å². The molecule has 0 radical (unpaired) electrons. The van der Waals surface area contributed by atoms with Crippen LogP contribution in [0.1, 0.15) is 19.4 Å². The zero-order valence-electron chi connectivity index (χ0n) is 9.77. The maximum Gasteiger partial charge on any atom is -0.0178 e. The van der Waals surface area contributed by atoms with E-state index in [-0.39, 0.29) is 0 Å². The van der Waals surface area contributed by atoms with E-state index < -0.39 is 0 Å². The van der Waals surface area contributed by atoms with Gasteiger partial charge in [-0.25, -0.2) is 0 Å². The van der Waals surface area contributed by atoms with Crippen LogP contribution in [0.15, 0.2) is 60.7 Å². The van der Waals surface area contributed by atoms with Crippen LogP contribution in [0.4, 0.5) is 0 Å². The molecule has 0 aliphatic heterocycles. The summed E-state index contributed by atoms with van der Waals surface area (Å²) in [5.74, 6) is 0. The first kappa shape index (κ1) is 10.7. The minimum atomic E-state index is 1.27. The average molecular weight is 208 g/mol. The summed E-state index contributed by atoms with van der Waals surface area (Å²) >= 11 is 0. The van der Waals surface area contributed by atoms with E-state index >= 15 is 0 Å². The molecule has 2 aromatic rings. The molecule has 0 heteroatoms. The summed E-state index contributed by atoms with van der Waals surface area (Å²) in [5.41, 5.74) is 5.16. The van der Waals surface area contributed by atoms with Crippen molar-refractivity contribution in [3.05, 3.63) is 66.2 Å². The molecule has 0 aromatic heterocycles. The molecule has 0 saturated heterocycles. The first-order valence-corrected chi connectivity index (χ1v) is 5.60. The Morgan fingerprint density at radius 3 is 2.25 bits per heavy atom. The average Bonchev–Trinajstić information content (AvgIpc) is 2.39. The summed E-state index contributed by atoms with van der Waals surface area (Å²) in [6, 6.07) is 19.1. The van der Waals surface area contributed by atoms with E-state index in [9.17, 15) is 0 Å². The van der Waals surface area contributed by atoms with Crippen LogP contribution in [0.25, 0.3) is 16.7 Å². The molecule has 2 rings (SSSR count). The predicted octanol–water partition coefficient (Wildman–Crippen LogP) is 4.78. The van der Waals surface area contributed by atoms with Crippen molar-refractivity contribution in [3.63, 3.8) is 0 Å². The standard InChI is InChI=1S/C16H16/c1-3-13(2)15-10-7-11-16(12-15)14-8-5-4-6-9-14/h3-12H,1-2H3. The van der Waals surface area contributed by atoms with Gasteiger partial charge < -0.3 is 0 Å². The molecule has 0 aliphatic rings. The summed E-state index contributed by atoms with van der Waals surface area (Å²) in [5, 5.41) is 0. The summed E-state index contributed by atoms with van der Waals surface area (Å²) < 4.78 is 0. The lowest BCUT2D eigenvalue weighted by Gasteiger charge is -2.05. The molecule has 2 aromatic carbocycles. The smallest absolute Gasteiger partial charge is 0.0178 e. The Labute approximate surface area is 97.3 Å². The third kappa shape index (κ3) is 2.22. The molecule has 0 saturated carbocycles. The van der Waals surface area contributed by atoms with Crippen molar-refractivity contribution >= 4 is 5.57 Å². The van der Waals surface area contributed by atoms with Crippen molar-refractivity contribution in [2.45, 2.75) is 13.8 Å². The van der Waals surface area contributed by atoms with E-state index in [0.717, 1.165) is 0 Å². The van der Waals surface area contributed by atoms with Gasteiger partial charge in [0.25, 0.3) is 0 Å². The van der Waals surface area contributed by atoms with E-state index in [1.165, 1.54) is 22.3 Å². The molecular formula is C16H16. The van der Waals surface area contributed by atoms with Gasteiger partial charge in [-0.15, -0.1) is 0 Å². The molecule has 0 atom stereocenters. The fourth-order valence-corrected chi connectivity index (χ4v) is 1.74. The van der Waals surface area contributed by atoms with Crippen LogP contribution in [0.3, 0.4) is 0 Å². The highest BCUT2D eigenvalue weighted by atomic mass is 14.0. The second-order valence-electron chi connectivity index (χ2n) is 3.92. The Morgan fingerprint density at radius 2 is 1.56 bits per heavy atom. The first-order valence-electron chi connectivity index (χ1n) is 5.60. The normalized spacial score (nSPS) is 11.5. The maximum atomic E-state index is 2.24. The molecule has 80 valence electrons. The quantitative estimate of drug-likeness (QED) is 0.666. The lowest BCUT2D eigenvalue weighted by molar-refractivity contribution is 1.53. The predicted molar refractivity (Wildman–Crippen MR) is 71.2 cm³/mol. The van der Waals surface area contributed by atoms with Gasteiger partial charge in [-0.1, -0.05) is 54.6 Å². The minimum absolute atomic E-state index is 1.27. The summed E-state index contributed by atoms with van der Waals surface area (Å²) in [6.07, 6.45) is 2.14. The number of hydrogen-bond acceptors (Lipinski definition) is 0. The molecule has 0 spiro atoms. The van der Waals surface area contributed by atoms with Gasteiger partial charge >= 0.3 is 0 Å². The minimum Gasteiger partial charge on any atom is -0.0841 e. The number of hydrogen-bond donors (Lipinski definition) is 0. The Hall–Kier alpha value is -1.82. The van der Waals surface area contributed by atoms with Crippen LogP contribution in [0, 0.1) is 0 Å². The van der Waals surface area contributed by atoms with Crippen LogP contribution in [0.5, 0.6) is 0 Å². The van der Waals surface area contributed by atoms with Gasteiger partial charge in [-0.2, -0.15) is 0 Å². The van der Waals surface area contributed by atoms with E-state index in [1.807, 2.05) is 6.07 Å². The van der Waals surface area contributed by atoms with Gasteiger partial charge in [0.05, 0.1) is 0 Å². The van der Waals surface area contributed by atoms with Crippen molar-refractivity contribution in [2.24, 2.45) is 0 Å². The Morgan fingerprint density at radius 1 is 0.875 bits per heavy atom. The highest BCUT2D eigenvalue weighted by Crippen LogP contribution is 2.23. The molecule has 0 amide bonds. The van der Waals surface area contributed by atoms with Gasteiger partial charge in [0.15, 0.2) is 0 Å². The number of benzene rings is 2. The third-order valence-corrected chi connectivity index (χ3v) is 2.86. The van der Waals surface area contributed by atoms with E-state index in [2.05, 4.69) is 68.5 Å². The monoisotopic (exact) mass is 208 g/mol. The summed E-state index contributed by atoms with van der Waals surface area (Å²) in [4.78, 5) is 0. The zero-order chi connectivity index (χ0) is 11.4. The summed E-state index contributed by atoms with van der Waals surface area (Å²) in [7, 11) is 0. The van der Waals surface area contributed by atoms with Crippen LogP contribution in [-0.2, 0) is 0 Å². The van der Waals surface area contributed by atoms with Gasteiger partial charge in [-0.05, 0) is 42.2 Å². The Balaban J connectivity index is 2.44. The lowest BCUT2D eigenvalue weighted by Crippen LogP contribution is -1.82. The van der Waals surface area contributed by atoms with Gasteiger partial charge in [0.2, 0.25) is 0 Å². The van der Waals surface area contributed by atoms with Crippen molar-refractivity contribution < 1.29 is 0 Å². The van der Waals surface area contributed by atoms with Crippen molar-refractivity contribution in [3.8, 4) is 11.1 Å². The van der Waals surface area contributed by atoms with Crippen LogP contribution in [-0.4, -0.2) is 0 Å². The number of rotatable bonds is 2. The van der Waals surface area contributed by atoms with Gasteiger partial charge in [0, 0.05) is 0 Å². The molecular weight excluding hydrogens is 192 g/mol. The second kappa shape index (κ2) is 4.80. The Bertz CT molecular complexity index is 492. The second-order valence-corrected chi connectivity index (χ2v) is 3.92. The highest BCUT2D eigenvalue weighted by Gasteiger charge is 1.99. The SMILES string of the molecule is CC=C(C)c1cccc(-c2ccccc2)c1. The third-order valence-electron chi connectivity index (χ3n) is 2.86. The lowest BCUT2D eigenvalue weighted by atomic mass is 10.00. The van der Waals surface area contributed by atoms with Gasteiger partial charge in [0.1, 0.15) is 0 Å². The van der Waals surface area contributed by atoms with E-state index in [1.54, 1.807) is 0 Å². The van der Waals surface area contributed by atoms with E-state index in [4.69, 9.17) is 0 Å². The molecule has 0 unspecified atom stereocenters. The molecule has 0 N–H and O–H groups in total. The zero-order valence-corrected chi connectivity index (χ0v) is 9.77. The molecule has 0 bridgehead atoms. The fourth-order valence-electron chi connectivity index (χ4n) is 1.74. The van der Waals surface area contributed by atoms with Crippen LogP contribution >= 0.6 is 0 Å². The van der Waals surface area contributed by atoms with Crippen LogP contribution < -0.4 is 0 Å². The van der Waals surface area contributed by atoms with Crippen molar-refractivity contribution in [1.29, 1.82) is 0 Å². The topological polar surface area (TPSA) is 0 Å². The largest absolute Gasteiger partial charge is 0.0841 e.